The second-order valence-corrected chi connectivity index (χ2v) is 11.5. The molecule has 0 saturated heterocycles. The molecule has 41 heavy (non-hydrogen) atoms. The molecule has 0 heterocycles. The van der Waals surface area contributed by atoms with Gasteiger partial charge in [0, 0.05) is 19.8 Å². The van der Waals surface area contributed by atoms with Crippen LogP contribution >= 0.6 is 0 Å². The van der Waals surface area contributed by atoms with Crippen LogP contribution in [-0.2, 0) is 33.4 Å². The van der Waals surface area contributed by atoms with Crippen molar-refractivity contribution in [2.24, 2.45) is 5.92 Å². The van der Waals surface area contributed by atoms with Crippen molar-refractivity contribution >= 4 is 23.9 Å². The standard InChI is InChI=1S/C33H60O8/c1-4-5-6-7-8-9-10-11-12-13-14-19-22-25-32(37)40-27-30(26-39-29(3)34)41-33(38)28(2)23-20-17-15-16-18-21-24-31(35)36/h28,30H,4-27H2,1-3H3,(H,35,36). The van der Waals surface area contributed by atoms with Crippen LogP contribution < -0.4 is 0 Å². The molecule has 0 fully saturated rings. The maximum Gasteiger partial charge on any atom is 0.309 e. The number of rotatable bonds is 29. The zero-order valence-corrected chi connectivity index (χ0v) is 26.4. The third kappa shape index (κ3) is 27.8. The maximum absolute atomic E-state index is 12.6. The first kappa shape index (κ1) is 38.9. The molecule has 0 aliphatic carbocycles. The number of carbonyl (C=O) groups is 4. The molecule has 2 unspecified atom stereocenters. The van der Waals surface area contributed by atoms with E-state index >= 15 is 0 Å². The molecule has 240 valence electrons. The molecule has 0 aliphatic rings. The van der Waals surface area contributed by atoms with Gasteiger partial charge in [-0.2, -0.15) is 0 Å². The number of carboxylic acid groups (broad SMARTS) is 1. The molecular formula is C33H60O8. The lowest BCUT2D eigenvalue weighted by Gasteiger charge is -2.20. The summed E-state index contributed by atoms with van der Waals surface area (Å²) in [6, 6.07) is 0. The summed E-state index contributed by atoms with van der Waals surface area (Å²) in [5.74, 6) is -2.28. The average molecular weight is 585 g/mol. The van der Waals surface area contributed by atoms with Crippen molar-refractivity contribution in [2.45, 2.75) is 168 Å². The van der Waals surface area contributed by atoms with Crippen molar-refractivity contribution in [3.05, 3.63) is 0 Å². The molecule has 0 aliphatic heterocycles. The largest absolute Gasteiger partial charge is 0.481 e. The van der Waals surface area contributed by atoms with Gasteiger partial charge in [-0.25, -0.2) is 0 Å². The van der Waals surface area contributed by atoms with Crippen LogP contribution in [0.1, 0.15) is 162 Å². The molecule has 0 aromatic heterocycles. The van der Waals surface area contributed by atoms with Crippen LogP contribution in [0.25, 0.3) is 0 Å². The predicted octanol–water partition coefficient (Wildman–Crippen LogP) is 8.33. The smallest absolute Gasteiger partial charge is 0.309 e. The summed E-state index contributed by atoms with van der Waals surface area (Å²) >= 11 is 0. The summed E-state index contributed by atoms with van der Waals surface area (Å²) in [4.78, 5) is 46.6. The minimum atomic E-state index is -0.821. The lowest BCUT2D eigenvalue weighted by Crippen LogP contribution is -2.32. The summed E-state index contributed by atoms with van der Waals surface area (Å²) in [5.41, 5.74) is 0. The first-order chi connectivity index (χ1) is 19.8. The number of aliphatic carboxylic acids is 1. The Hall–Kier alpha value is -2.12. The second kappa shape index (κ2) is 28.0. The lowest BCUT2D eigenvalue weighted by molar-refractivity contribution is -0.169. The van der Waals surface area contributed by atoms with Gasteiger partial charge in [0.05, 0.1) is 5.92 Å². The van der Waals surface area contributed by atoms with Crippen LogP contribution in [0.5, 0.6) is 0 Å². The molecule has 0 saturated carbocycles. The van der Waals surface area contributed by atoms with E-state index in [1.165, 1.54) is 71.1 Å². The number of unbranched alkanes of at least 4 members (excludes halogenated alkanes) is 17. The van der Waals surface area contributed by atoms with Crippen molar-refractivity contribution < 1.29 is 38.5 Å². The Kier molecular flexibility index (Phi) is 26.6. The quantitative estimate of drug-likeness (QED) is 0.0530. The first-order valence-electron chi connectivity index (χ1n) is 16.5. The van der Waals surface area contributed by atoms with E-state index < -0.39 is 24.0 Å². The van der Waals surface area contributed by atoms with Crippen LogP contribution in [0.4, 0.5) is 0 Å². The Morgan fingerprint density at radius 3 is 1.54 bits per heavy atom. The highest BCUT2D eigenvalue weighted by atomic mass is 16.6. The Balaban J connectivity index is 4.02. The van der Waals surface area contributed by atoms with Crippen LogP contribution in [0.15, 0.2) is 0 Å². The number of carbonyl (C=O) groups excluding carboxylic acids is 3. The fraction of sp³-hybridized carbons (Fsp3) is 0.879. The number of hydrogen-bond donors (Lipinski definition) is 1. The van der Waals surface area contributed by atoms with E-state index in [-0.39, 0.29) is 31.5 Å². The zero-order chi connectivity index (χ0) is 30.6. The molecule has 8 nitrogen and oxygen atoms in total. The van der Waals surface area contributed by atoms with E-state index in [1.807, 2.05) is 0 Å². The number of ether oxygens (including phenoxy) is 3. The number of carboxylic acids is 1. The summed E-state index contributed by atoms with van der Waals surface area (Å²) in [6.45, 7) is 5.06. The van der Waals surface area contributed by atoms with E-state index in [9.17, 15) is 19.2 Å². The SMILES string of the molecule is CCCCCCCCCCCCCCCC(=O)OCC(COC(C)=O)OC(=O)C(C)CCCCCCCCC(=O)O. The van der Waals surface area contributed by atoms with Crippen LogP contribution in [0.3, 0.4) is 0 Å². The van der Waals surface area contributed by atoms with Gasteiger partial charge < -0.3 is 19.3 Å². The highest BCUT2D eigenvalue weighted by molar-refractivity contribution is 5.72. The van der Waals surface area contributed by atoms with Crippen molar-refractivity contribution in [1.29, 1.82) is 0 Å². The summed E-state index contributed by atoms with van der Waals surface area (Å²) in [5, 5.41) is 8.66. The van der Waals surface area contributed by atoms with Crippen LogP contribution in [-0.4, -0.2) is 48.3 Å². The second-order valence-electron chi connectivity index (χ2n) is 11.5. The fourth-order valence-electron chi connectivity index (χ4n) is 4.70. The number of esters is 3. The Labute approximate surface area is 249 Å². The minimum absolute atomic E-state index is 0.126. The highest BCUT2D eigenvalue weighted by Crippen LogP contribution is 2.16. The van der Waals surface area contributed by atoms with Gasteiger partial charge in [-0.05, 0) is 19.3 Å². The molecule has 0 spiro atoms. The van der Waals surface area contributed by atoms with Gasteiger partial charge in [0.2, 0.25) is 0 Å². The molecule has 0 aromatic carbocycles. The van der Waals surface area contributed by atoms with Crippen LogP contribution in [0, 0.1) is 5.92 Å². The average Bonchev–Trinajstić information content (AvgIpc) is 2.93. The Bertz CT molecular complexity index is 678. The molecular weight excluding hydrogens is 524 g/mol. The highest BCUT2D eigenvalue weighted by Gasteiger charge is 2.22. The number of hydrogen-bond acceptors (Lipinski definition) is 7. The summed E-state index contributed by atoms with van der Waals surface area (Å²) in [6.07, 6.45) is 21.9. The van der Waals surface area contributed by atoms with Gasteiger partial charge in [0.15, 0.2) is 6.10 Å². The van der Waals surface area contributed by atoms with Gasteiger partial charge in [-0.1, -0.05) is 123 Å². The van der Waals surface area contributed by atoms with Gasteiger partial charge in [0.25, 0.3) is 0 Å². The molecule has 8 heteroatoms. The van der Waals surface area contributed by atoms with E-state index in [2.05, 4.69) is 6.92 Å². The summed E-state index contributed by atoms with van der Waals surface area (Å²) < 4.78 is 15.9. The van der Waals surface area contributed by atoms with E-state index in [1.54, 1.807) is 6.92 Å². The normalized spacial score (nSPS) is 12.5. The van der Waals surface area contributed by atoms with Crippen molar-refractivity contribution in [3.63, 3.8) is 0 Å². The Morgan fingerprint density at radius 2 is 1.05 bits per heavy atom. The predicted molar refractivity (Wildman–Crippen MR) is 162 cm³/mol. The van der Waals surface area contributed by atoms with Gasteiger partial charge in [-0.3, -0.25) is 19.2 Å². The maximum atomic E-state index is 12.6. The van der Waals surface area contributed by atoms with E-state index in [0.717, 1.165) is 51.4 Å². The zero-order valence-electron chi connectivity index (χ0n) is 26.4. The Morgan fingerprint density at radius 1 is 0.610 bits per heavy atom. The van der Waals surface area contributed by atoms with Crippen molar-refractivity contribution in [2.75, 3.05) is 13.2 Å². The molecule has 0 rings (SSSR count). The molecule has 0 amide bonds. The molecule has 1 N–H and O–H groups in total. The van der Waals surface area contributed by atoms with Crippen molar-refractivity contribution in [1.82, 2.24) is 0 Å². The lowest BCUT2D eigenvalue weighted by atomic mass is 10.0. The molecule has 2 atom stereocenters. The topological polar surface area (TPSA) is 116 Å². The minimum Gasteiger partial charge on any atom is -0.481 e. The molecule has 0 radical (unpaired) electrons. The van der Waals surface area contributed by atoms with Crippen LogP contribution in [0.2, 0.25) is 0 Å². The monoisotopic (exact) mass is 584 g/mol. The van der Waals surface area contributed by atoms with E-state index in [4.69, 9.17) is 19.3 Å². The summed E-state index contributed by atoms with van der Waals surface area (Å²) in [7, 11) is 0. The third-order valence-electron chi connectivity index (χ3n) is 7.35. The molecule has 0 bridgehead atoms. The third-order valence-corrected chi connectivity index (χ3v) is 7.35. The van der Waals surface area contributed by atoms with Crippen molar-refractivity contribution in [3.8, 4) is 0 Å². The van der Waals surface area contributed by atoms with Gasteiger partial charge >= 0.3 is 23.9 Å². The first-order valence-corrected chi connectivity index (χ1v) is 16.5. The van der Waals surface area contributed by atoms with Gasteiger partial charge in [0.1, 0.15) is 13.2 Å². The fourth-order valence-corrected chi connectivity index (χ4v) is 4.70. The molecule has 0 aromatic rings. The van der Waals surface area contributed by atoms with Gasteiger partial charge in [-0.15, -0.1) is 0 Å². The van der Waals surface area contributed by atoms with E-state index in [0.29, 0.717) is 19.3 Å².